The molecule has 3 heterocycles. The fourth-order valence-corrected chi connectivity index (χ4v) is 6.10. The van der Waals surface area contributed by atoms with Gasteiger partial charge in [-0.3, -0.25) is 14.4 Å². The fourth-order valence-electron chi connectivity index (χ4n) is 6.10. The smallest absolute Gasteiger partial charge is 0.419 e. The van der Waals surface area contributed by atoms with Gasteiger partial charge in [-0.2, -0.15) is 0 Å². The number of rotatable bonds is 7. The average molecular weight is 615 g/mol. The summed E-state index contributed by atoms with van der Waals surface area (Å²) in [4.78, 5) is 29.6. The lowest BCUT2D eigenvalue weighted by molar-refractivity contribution is 0.0237. The van der Waals surface area contributed by atoms with Crippen LogP contribution in [0.1, 0.15) is 53.9 Å². The molecule has 238 valence electrons. The molecule has 1 aromatic heterocycles. The number of hydrogen-bond acceptors (Lipinski definition) is 9. The zero-order valence-electron chi connectivity index (χ0n) is 26.0. The number of carbonyl (C=O) groups is 2. The topological polar surface area (TPSA) is 94.5 Å². The van der Waals surface area contributed by atoms with Gasteiger partial charge in [-0.05, 0) is 51.5 Å². The van der Waals surface area contributed by atoms with E-state index in [2.05, 4.69) is 10.2 Å². The van der Waals surface area contributed by atoms with Crippen molar-refractivity contribution in [2.45, 2.75) is 52.3 Å². The lowest BCUT2D eigenvalue weighted by Crippen LogP contribution is -2.49. The number of alkyl halides is 2. The predicted molar refractivity (Wildman–Crippen MR) is 162 cm³/mol. The number of ether oxygens (including phenoxy) is 4. The molecule has 2 aromatic carbocycles. The molecule has 1 unspecified atom stereocenters. The van der Waals surface area contributed by atoms with Crippen LogP contribution in [0.3, 0.4) is 0 Å². The maximum Gasteiger partial charge on any atom is 0.419 e. The Morgan fingerprint density at radius 3 is 2.61 bits per heavy atom. The van der Waals surface area contributed by atoms with Gasteiger partial charge in [-0.25, -0.2) is 18.4 Å². The van der Waals surface area contributed by atoms with Gasteiger partial charge < -0.3 is 24.3 Å². The summed E-state index contributed by atoms with van der Waals surface area (Å²) in [5.74, 6) is 0.684. The first-order chi connectivity index (χ1) is 20.9. The minimum Gasteiger partial charge on any atom is -0.496 e. The summed E-state index contributed by atoms with van der Waals surface area (Å²) >= 11 is 0. The number of esters is 1. The lowest BCUT2D eigenvalue weighted by Gasteiger charge is -2.43. The molecule has 0 spiro atoms. The van der Waals surface area contributed by atoms with E-state index >= 15 is 0 Å². The zero-order chi connectivity index (χ0) is 31.8. The highest BCUT2D eigenvalue weighted by Crippen LogP contribution is 2.43. The van der Waals surface area contributed by atoms with Gasteiger partial charge in [0.25, 0.3) is 6.43 Å². The van der Waals surface area contributed by atoms with E-state index in [9.17, 15) is 18.4 Å². The number of aryl methyl sites for hydroxylation is 1. The standard InChI is InChI=1S/C32H40F2N4O6/c1-19-15-25(41-5)23(20-9-11-38(28(19)20)31(40)44-32(2,3)4)16-37-13-12-36(18-26(33)34)17-24(37)21-7-8-22(30(39)42-6)27-29(21)43-14-10-35-27/h7-9,11,15,24,26,35H,10,12-14,16-18H2,1-6H3. The van der Waals surface area contributed by atoms with E-state index in [0.29, 0.717) is 62.1 Å². The Labute approximate surface area is 255 Å². The summed E-state index contributed by atoms with van der Waals surface area (Å²) in [5.41, 5.74) is 3.44. The van der Waals surface area contributed by atoms with Crippen LogP contribution in [0.2, 0.25) is 0 Å². The molecular formula is C32H40F2N4O6. The molecule has 44 heavy (non-hydrogen) atoms. The number of nitrogens with zero attached hydrogens (tertiary/aromatic N) is 3. The first-order valence-corrected chi connectivity index (χ1v) is 14.7. The number of benzene rings is 2. The van der Waals surface area contributed by atoms with Crippen LogP contribution in [0.15, 0.2) is 30.5 Å². The summed E-state index contributed by atoms with van der Waals surface area (Å²) in [6, 6.07) is 6.95. The van der Waals surface area contributed by atoms with E-state index in [1.165, 1.54) is 11.7 Å². The van der Waals surface area contributed by atoms with Crippen molar-refractivity contribution in [1.29, 1.82) is 0 Å². The Morgan fingerprint density at radius 2 is 1.93 bits per heavy atom. The molecule has 0 saturated carbocycles. The summed E-state index contributed by atoms with van der Waals surface area (Å²) < 4.78 is 51.2. The lowest BCUT2D eigenvalue weighted by atomic mass is 9.95. The van der Waals surface area contributed by atoms with Crippen molar-refractivity contribution in [3.63, 3.8) is 0 Å². The van der Waals surface area contributed by atoms with Crippen molar-refractivity contribution in [2.24, 2.45) is 0 Å². The first kappa shape index (κ1) is 31.5. The average Bonchev–Trinajstić information content (AvgIpc) is 3.43. The van der Waals surface area contributed by atoms with Crippen LogP contribution in [-0.2, 0) is 16.0 Å². The number of carbonyl (C=O) groups excluding carboxylic acids is 2. The fraction of sp³-hybridized carbons (Fsp3) is 0.500. The van der Waals surface area contributed by atoms with Crippen molar-refractivity contribution in [3.8, 4) is 11.5 Å². The molecule has 2 aliphatic heterocycles. The zero-order valence-corrected chi connectivity index (χ0v) is 26.0. The van der Waals surface area contributed by atoms with Gasteiger partial charge in [0.15, 0.2) is 0 Å². The van der Waals surface area contributed by atoms with Crippen LogP contribution in [0, 0.1) is 6.92 Å². The number of halogens is 2. The van der Waals surface area contributed by atoms with Crippen LogP contribution >= 0.6 is 0 Å². The molecule has 10 nitrogen and oxygen atoms in total. The summed E-state index contributed by atoms with van der Waals surface area (Å²) in [7, 11) is 2.93. The highest BCUT2D eigenvalue weighted by atomic mass is 19.3. The van der Waals surface area contributed by atoms with Gasteiger partial charge >= 0.3 is 12.1 Å². The van der Waals surface area contributed by atoms with Crippen molar-refractivity contribution in [1.82, 2.24) is 14.4 Å². The number of anilines is 1. The number of hydrogen-bond donors (Lipinski definition) is 1. The summed E-state index contributed by atoms with van der Waals surface area (Å²) in [6.07, 6.45) is -1.25. The van der Waals surface area contributed by atoms with Crippen LogP contribution < -0.4 is 14.8 Å². The second-order valence-electron chi connectivity index (χ2n) is 12.1. The van der Waals surface area contributed by atoms with Gasteiger partial charge in [0.05, 0.1) is 43.6 Å². The van der Waals surface area contributed by atoms with Crippen LogP contribution in [-0.4, -0.2) is 92.0 Å². The monoisotopic (exact) mass is 614 g/mol. The van der Waals surface area contributed by atoms with Gasteiger partial charge in [-0.1, -0.05) is 6.07 Å². The molecule has 0 aliphatic carbocycles. The van der Waals surface area contributed by atoms with Gasteiger partial charge in [0, 0.05) is 55.4 Å². The van der Waals surface area contributed by atoms with E-state index in [4.69, 9.17) is 18.9 Å². The van der Waals surface area contributed by atoms with Crippen molar-refractivity contribution < 1.29 is 37.3 Å². The molecule has 1 saturated heterocycles. The minimum atomic E-state index is -2.47. The molecule has 0 amide bonds. The van der Waals surface area contributed by atoms with Gasteiger partial charge in [-0.15, -0.1) is 0 Å². The number of piperazine rings is 1. The van der Waals surface area contributed by atoms with Gasteiger partial charge in [0.1, 0.15) is 23.7 Å². The minimum absolute atomic E-state index is 0.327. The third-order valence-corrected chi connectivity index (χ3v) is 7.98. The molecule has 2 aliphatic rings. The second-order valence-corrected chi connectivity index (χ2v) is 12.1. The highest BCUT2D eigenvalue weighted by molar-refractivity contribution is 5.98. The Balaban J connectivity index is 1.58. The van der Waals surface area contributed by atoms with Crippen LogP contribution in [0.4, 0.5) is 19.3 Å². The molecule has 1 N–H and O–H groups in total. The Morgan fingerprint density at radius 1 is 1.16 bits per heavy atom. The molecule has 5 rings (SSSR count). The molecule has 1 fully saturated rings. The number of nitrogens with one attached hydrogen (secondary N) is 1. The number of methoxy groups -OCH3 is 2. The van der Waals surface area contributed by atoms with Crippen molar-refractivity contribution >= 4 is 28.7 Å². The molecule has 3 aromatic rings. The summed E-state index contributed by atoms with van der Waals surface area (Å²) in [6.45, 7) is 9.61. The van der Waals surface area contributed by atoms with E-state index < -0.39 is 24.1 Å². The molecule has 1 atom stereocenters. The normalized spacial score (nSPS) is 17.6. The first-order valence-electron chi connectivity index (χ1n) is 14.7. The Hall–Kier alpha value is -3.90. The quantitative estimate of drug-likeness (QED) is 0.349. The Bertz CT molecular complexity index is 1550. The van der Waals surface area contributed by atoms with Crippen LogP contribution in [0.25, 0.3) is 10.9 Å². The SMILES string of the molecule is COC(=O)c1ccc(C2CN(CC(F)F)CCN2Cc2c(OC)cc(C)c3c2ccn3C(=O)OC(C)(C)C)c2c1NCCO2. The molecule has 12 heteroatoms. The maximum absolute atomic E-state index is 13.5. The predicted octanol–water partition coefficient (Wildman–Crippen LogP) is 5.46. The molecular weight excluding hydrogens is 574 g/mol. The largest absolute Gasteiger partial charge is 0.496 e. The van der Waals surface area contributed by atoms with Crippen molar-refractivity contribution in [2.75, 3.05) is 58.9 Å². The van der Waals surface area contributed by atoms with E-state index in [1.54, 1.807) is 24.3 Å². The number of fused-ring (bicyclic) bond motifs is 2. The third-order valence-electron chi connectivity index (χ3n) is 7.98. The number of aromatic nitrogens is 1. The van der Waals surface area contributed by atoms with E-state index in [1.807, 2.05) is 45.9 Å². The summed E-state index contributed by atoms with van der Waals surface area (Å²) in [5, 5.41) is 4.10. The van der Waals surface area contributed by atoms with Crippen LogP contribution in [0.5, 0.6) is 11.5 Å². The molecule has 0 bridgehead atoms. The maximum atomic E-state index is 13.5. The highest BCUT2D eigenvalue weighted by Gasteiger charge is 2.35. The molecule has 0 radical (unpaired) electrons. The Kier molecular flexibility index (Phi) is 9.03. The van der Waals surface area contributed by atoms with E-state index in [0.717, 1.165) is 27.6 Å². The third kappa shape index (κ3) is 6.32. The van der Waals surface area contributed by atoms with Crippen molar-refractivity contribution in [3.05, 3.63) is 52.7 Å². The second kappa shape index (κ2) is 12.6. The van der Waals surface area contributed by atoms with E-state index in [-0.39, 0.29) is 12.6 Å². The van der Waals surface area contributed by atoms with Gasteiger partial charge in [0.2, 0.25) is 0 Å².